The first kappa shape index (κ1) is 94.0. The van der Waals surface area contributed by atoms with Gasteiger partial charge in [0.25, 0.3) is 0 Å². The number of amides is 2. The Morgan fingerprint density at radius 1 is 0.368 bits per heavy atom. The van der Waals surface area contributed by atoms with Crippen LogP contribution in [0, 0.1) is 0 Å². The molecule has 2 amide bonds. The molecule has 106 heavy (non-hydrogen) atoms. The molecule has 5 aliphatic heterocycles. The molecule has 0 aromatic carbocycles. The van der Waals surface area contributed by atoms with Crippen LogP contribution in [0.4, 0.5) is 0 Å². The summed E-state index contributed by atoms with van der Waals surface area (Å²) in [5, 5.41) is 181. The van der Waals surface area contributed by atoms with Gasteiger partial charge in [-0.1, -0.05) is 205 Å². The van der Waals surface area contributed by atoms with Gasteiger partial charge in [0.05, 0.1) is 51.8 Å². The molecular weight excluding hydrogens is 1390 g/mol. The fourth-order valence-electron chi connectivity index (χ4n) is 14.3. The predicted molar refractivity (Wildman–Crippen MR) is 386 cm³/mol. The number of nitrogens with one attached hydrogen (secondary N) is 2. The molecule has 27 atom stereocenters. The second-order valence-electron chi connectivity index (χ2n) is 29.6. The van der Waals surface area contributed by atoms with E-state index < -0.39 is 211 Å². The summed E-state index contributed by atoms with van der Waals surface area (Å²) in [4.78, 5) is 26.1. The number of hydrogen-bond donors (Lipinski definition) is 18. The van der Waals surface area contributed by atoms with E-state index in [1.54, 1.807) is 6.08 Å². The maximum atomic E-state index is 13.5. The standard InChI is InChI=1S/C76H138N2O28/c1-4-6-8-10-12-14-16-18-19-20-21-22-23-24-25-26-27-29-31-33-35-37-39-41-56(86)78-49(50(85)40-38-36-34-32-30-28-17-15-13-11-9-7-5-2)47-97-73-65(94)61(90)69(53(44-81)100-73)104-76-67(96)63(92)70(55(46-83)102-76)105-75-66(95)62(91)68(54(45-82)101-75)103-72-57(77-48(3)84)71(59(88)52(43-80)98-72)106-74-64(93)60(89)58(87)51(42-79)99-74/h18-19,38,40,49-55,57-76,79-83,85,87-96H,4-17,20-37,39,41-47H2,1-3H3,(H,77,84)(H,78,86)/b19-18-,40-38+/t49-,50+,51?,52?,53?,54?,55?,57?,58-,59-,60-,61+,62+,63+,64?,65?,66?,67?,68-,69+,70-,71+,72-,73+,74-,75-,76-/m0/s1. The Morgan fingerprint density at radius 2 is 0.689 bits per heavy atom. The van der Waals surface area contributed by atoms with Crippen LogP contribution in [0.1, 0.15) is 239 Å². The third kappa shape index (κ3) is 31.4. The monoisotopic (exact) mass is 1530 g/mol. The van der Waals surface area contributed by atoms with Crippen molar-refractivity contribution in [3.05, 3.63) is 24.3 Å². The summed E-state index contributed by atoms with van der Waals surface area (Å²) in [6.07, 6.45) is 1.47. The van der Waals surface area contributed by atoms with Gasteiger partial charge in [0.1, 0.15) is 122 Å². The zero-order valence-electron chi connectivity index (χ0n) is 63.2. The van der Waals surface area contributed by atoms with E-state index in [1.165, 1.54) is 154 Å². The van der Waals surface area contributed by atoms with Crippen LogP contribution in [0.5, 0.6) is 0 Å². The SMILES string of the molecule is CCCCCCCC/C=C\CCCCCCCCCCCCCCCC(=O)N[C@@H](CO[C@@H]1OC(CO)[C@@H](O[C@@H]2OC(CO)[C@H](O[C@@H]3OC(CO)[C@H](O[C@@H]4OC(CO)[C@H](O)[C@H](O[C@@H]5OC(CO)[C@H](O)[C@H](O)C5O)C4NC(C)=O)[C@H](O)C3O)[C@H](O)C2O)[C@H](O)C1O)[C@H](O)/C=C/CCCCCCCCCCCCC. The molecule has 18 N–H and O–H groups in total. The summed E-state index contributed by atoms with van der Waals surface area (Å²) in [6.45, 7) is 0.416. The van der Waals surface area contributed by atoms with E-state index in [0.29, 0.717) is 12.8 Å². The highest BCUT2D eigenvalue weighted by Gasteiger charge is 2.57. The van der Waals surface area contributed by atoms with E-state index in [2.05, 4.69) is 36.6 Å². The Balaban J connectivity index is 1.12. The summed E-state index contributed by atoms with van der Waals surface area (Å²) < 4.78 is 58.4. The molecule has 30 nitrogen and oxygen atoms in total. The number of unbranched alkanes of at least 4 members (excludes halogenated alkanes) is 30. The lowest BCUT2D eigenvalue weighted by Gasteiger charge is -2.50. The van der Waals surface area contributed by atoms with Gasteiger partial charge in [0.2, 0.25) is 11.8 Å². The van der Waals surface area contributed by atoms with E-state index in [4.69, 9.17) is 47.4 Å². The summed E-state index contributed by atoms with van der Waals surface area (Å²) in [7, 11) is 0. The maximum absolute atomic E-state index is 13.5. The second-order valence-corrected chi connectivity index (χ2v) is 29.6. The van der Waals surface area contributed by atoms with Crippen LogP contribution in [-0.4, -0.2) is 299 Å². The van der Waals surface area contributed by atoms with Crippen LogP contribution >= 0.6 is 0 Å². The van der Waals surface area contributed by atoms with Crippen molar-refractivity contribution in [2.45, 2.75) is 405 Å². The summed E-state index contributed by atoms with van der Waals surface area (Å²) >= 11 is 0. The molecule has 5 fully saturated rings. The normalized spacial score (nSPS) is 34.4. The Morgan fingerprint density at radius 3 is 1.09 bits per heavy atom. The maximum Gasteiger partial charge on any atom is 0.220 e. The molecule has 30 heteroatoms. The quantitative estimate of drug-likeness (QED) is 0.0307. The molecule has 0 bridgehead atoms. The van der Waals surface area contributed by atoms with Gasteiger partial charge >= 0.3 is 0 Å². The number of aliphatic hydroxyl groups is 16. The van der Waals surface area contributed by atoms with Crippen molar-refractivity contribution in [1.29, 1.82) is 0 Å². The fourth-order valence-corrected chi connectivity index (χ4v) is 14.3. The third-order valence-electron chi connectivity index (χ3n) is 20.9. The Kier molecular flexibility index (Phi) is 47.3. The zero-order chi connectivity index (χ0) is 77.3. The minimum atomic E-state index is -2.18. The number of allylic oxidation sites excluding steroid dienone is 3. The molecule has 620 valence electrons. The molecule has 5 aliphatic rings. The van der Waals surface area contributed by atoms with Gasteiger partial charge < -0.3 is 140 Å². The molecule has 0 aromatic rings. The number of rotatable bonds is 55. The highest BCUT2D eigenvalue weighted by Crippen LogP contribution is 2.37. The van der Waals surface area contributed by atoms with Crippen LogP contribution in [0.15, 0.2) is 24.3 Å². The summed E-state index contributed by atoms with van der Waals surface area (Å²) in [5.74, 6) is -1.11. The first-order valence-electron chi connectivity index (χ1n) is 40.1. The van der Waals surface area contributed by atoms with Gasteiger partial charge in [-0.15, -0.1) is 0 Å². The highest BCUT2D eigenvalue weighted by atomic mass is 16.8. The van der Waals surface area contributed by atoms with E-state index in [9.17, 15) is 91.3 Å². The summed E-state index contributed by atoms with van der Waals surface area (Å²) in [6, 6.07) is -2.69. The molecule has 10 unspecified atom stereocenters. The first-order chi connectivity index (χ1) is 51.2. The van der Waals surface area contributed by atoms with Gasteiger partial charge in [-0.2, -0.15) is 0 Å². The number of carbonyl (C=O) groups excluding carboxylic acids is 2. The Labute approximate surface area is 627 Å². The molecule has 5 saturated heterocycles. The van der Waals surface area contributed by atoms with Gasteiger partial charge in [0, 0.05) is 13.3 Å². The highest BCUT2D eigenvalue weighted by molar-refractivity contribution is 5.76. The van der Waals surface area contributed by atoms with Crippen LogP contribution in [-0.2, 0) is 57.0 Å². The van der Waals surface area contributed by atoms with Crippen molar-refractivity contribution in [2.24, 2.45) is 0 Å². The minimum Gasteiger partial charge on any atom is -0.394 e. The number of carbonyl (C=O) groups is 2. The smallest absolute Gasteiger partial charge is 0.220 e. The molecular formula is C76H138N2O28. The van der Waals surface area contributed by atoms with Crippen molar-refractivity contribution < 1.29 is 139 Å². The number of ether oxygens (including phenoxy) is 10. The van der Waals surface area contributed by atoms with Crippen LogP contribution in [0.25, 0.3) is 0 Å². The van der Waals surface area contributed by atoms with Crippen molar-refractivity contribution in [3.63, 3.8) is 0 Å². The largest absolute Gasteiger partial charge is 0.394 e. The van der Waals surface area contributed by atoms with Gasteiger partial charge in [-0.05, 0) is 44.9 Å². The third-order valence-corrected chi connectivity index (χ3v) is 20.9. The van der Waals surface area contributed by atoms with Gasteiger partial charge in [-0.25, -0.2) is 0 Å². The van der Waals surface area contributed by atoms with Crippen LogP contribution in [0.2, 0.25) is 0 Å². The van der Waals surface area contributed by atoms with Crippen molar-refractivity contribution in [1.82, 2.24) is 10.6 Å². The van der Waals surface area contributed by atoms with Crippen molar-refractivity contribution >= 4 is 11.8 Å². The lowest BCUT2D eigenvalue weighted by atomic mass is 9.94. The second kappa shape index (κ2) is 53.4. The number of hydrogen-bond acceptors (Lipinski definition) is 28. The van der Waals surface area contributed by atoms with Gasteiger partial charge in [0.15, 0.2) is 31.5 Å². The van der Waals surface area contributed by atoms with E-state index in [1.807, 2.05) is 6.08 Å². The van der Waals surface area contributed by atoms with Gasteiger partial charge in [-0.3, -0.25) is 9.59 Å². The Bertz CT molecular complexity index is 2330. The van der Waals surface area contributed by atoms with Crippen molar-refractivity contribution in [2.75, 3.05) is 39.6 Å². The lowest BCUT2D eigenvalue weighted by molar-refractivity contribution is -0.388. The van der Waals surface area contributed by atoms with E-state index in [0.717, 1.165) is 51.9 Å². The molecule has 5 rings (SSSR count). The zero-order valence-corrected chi connectivity index (χ0v) is 63.2. The molecule has 5 heterocycles. The first-order valence-corrected chi connectivity index (χ1v) is 40.1. The Hall–Kier alpha value is -2.62. The fraction of sp³-hybridized carbons (Fsp3) is 0.921. The average Bonchev–Trinajstić information content (AvgIpc) is 0.773. The molecule has 0 saturated carbocycles. The van der Waals surface area contributed by atoms with Crippen molar-refractivity contribution in [3.8, 4) is 0 Å². The van der Waals surface area contributed by atoms with Crippen LogP contribution < -0.4 is 10.6 Å². The number of aliphatic hydroxyl groups excluding tert-OH is 16. The average molecular weight is 1530 g/mol. The molecule has 0 radical (unpaired) electrons. The molecule has 0 aliphatic carbocycles. The van der Waals surface area contributed by atoms with Crippen LogP contribution in [0.3, 0.4) is 0 Å². The topological polar surface area (TPSA) is 474 Å². The lowest BCUT2D eigenvalue weighted by Crippen LogP contribution is -2.70. The molecule has 0 spiro atoms. The van der Waals surface area contributed by atoms with E-state index >= 15 is 0 Å². The minimum absolute atomic E-state index is 0.199. The molecule has 0 aromatic heterocycles. The van der Waals surface area contributed by atoms with E-state index in [-0.39, 0.29) is 12.3 Å². The predicted octanol–water partition coefficient (Wildman–Crippen LogP) is 2.50. The summed E-state index contributed by atoms with van der Waals surface area (Å²) in [5.41, 5.74) is 0.